The van der Waals surface area contributed by atoms with E-state index in [0.717, 1.165) is 5.92 Å². The molecule has 1 saturated carbocycles. The lowest BCUT2D eigenvalue weighted by molar-refractivity contribution is 0.316. The van der Waals surface area contributed by atoms with Crippen LogP contribution < -0.4 is 0 Å². The molecule has 0 N–H and O–H groups in total. The minimum Gasteiger partial charge on any atom is -0.207 e. The monoisotopic (exact) mass is 206 g/mol. The number of hydrogen-bond acceptors (Lipinski definition) is 0. The lowest BCUT2D eigenvalue weighted by Gasteiger charge is -2.27. The van der Waals surface area contributed by atoms with E-state index in [2.05, 4.69) is 6.92 Å². The van der Waals surface area contributed by atoms with Crippen molar-refractivity contribution in [1.82, 2.24) is 0 Å². The Labute approximate surface area is 91.5 Å². The fourth-order valence-corrected chi connectivity index (χ4v) is 2.67. The maximum atomic E-state index is 12.8. The molecule has 0 nitrogen and oxygen atoms in total. The van der Waals surface area contributed by atoms with Crippen LogP contribution in [0.3, 0.4) is 0 Å². The van der Waals surface area contributed by atoms with E-state index in [9.17, 15) is 4.39 Å². The van der Waals surface area contributed by atoms with E-state index in [1.807, 2.05) is 12.1 Å². The summed E-state index contributed by atoms with van der Waals surface area (Å²) in [6.07, 6.45) is 6.83. The molecule has 0 heterocycles. The molecule has 0 aromatic heterocycles. The normalized spacial score (nSPS) is 20.1. The van der Waals surface area contributed by atoms with Crippen molar-refractivity contribution in [3.8, 4) is 0 Å². The average Bonchev–Trinajstić information content (AvgIpc) is 2.30. The second-order valence-corrected chi connectivity index (χ2v) is 4.74. The fraction of sp³-hybridized carbons (Fsp3) is 0.571. The summed E-state index contributed by atoms with van der Waals surface area (Å²) < 4.78 is 12.8. The van der Waals surface area contributed by atoms with E-state index < -0.39 is 0 Å². The Morgan fingerprint density at radius 3 is 2.27 bits per heavy atom. The Morgan fingerprint density at radius 1 is 1.07 bits per heavy atom. The molecule has 1 aromatic rings. The van der Waals surface area contributed by atoms with Crippen LogP contribution in [0.15, 0.2) is 24.3 Å². The van der Waals surface area contributed by atoms with Gasteiger partial charge in [-0.2, -0.15) is 0 Å². The third kappa shape index (κ3) is 2.58. The SMILES string of the molecule is CC(c1ccc(F)cc1)C1CCCCC1. The van der Waals surface area contributed by atoms with Gasteiger partial charge in [0, 0.05) is 0 Å². The third-order valence-electron chi connectivity index (χ3n) is 3.75. The quantitative estimate of drug-likeness (QED) is 0.668. The largest absolute Gasteiger partial charge is 0.207 e. The van der Waals surface area contributed by atoms with Crippen molar-refractivity contribution >= 4 is 0 Å². The van der Waals surface area contributed by atoms with Crippen LogP contribution in [0.5, 0.6) is 0 Å². The molecule has 0 amide bonds. The van der Waals surface area contributed by atoms with E-state index in [1.54, 1.807) is 12.1 Å². The molecule has 0 aliphatic heterocycles. The van der Waals surface area contributed by atoms with Gasteiger partial charge in [-0.3, -0.25) is 0 Å². The molecule has 0 radical (unpaired) electrons. The van der Waals surface area contributed by atoms with Crippen molar-refractivity contribution in [2.24, 2.45) is 5.92 Å². The van der Waals surface area contributed by atoms with Gasteiger partial charge in [-0.15, -0.1) is 0 Å². The van der Waals surface area contributed by atoms with Crippen molar-refractivity contribution in [2.45, 2.75) is 44.9 Å². The Bertz CT molecular complexity index is 296. The number of halogens is 1. The molecular weight excluding hydrogens is 187 g/mol. The molecule has 1 aliphatic rings. The van der Waals surface area contributed by atoms with Gasteiger partial charge in [-0.25, -0.2) is 4.39 Å². The minimum atomic E-state index is -0.130. The second kappa shape index (κ2) is 4.78. The zero-order valence-corrected chi connectivity index (χ0v) is 9.38. The van der Waals surface area contributed by atoms with Crippen LogP contribution in [0, 0.1) is 11.7 Å². The standard InChI is InChI=1S/C14H19F/c1-11(12-5-3-2-4-6-12)13-7-9-14(15)10-8-13/h7-12H,2-6H2,1H3. The predicted molar refractivity (Wildman–Crippen MR) is 61.4 cm³/mol. The van der Waals surface area contributed by atoms with Crippen LogP contribution in [-0.2, 0) is 0 Å². The van der Waals surface area contributed by atoms with E-state index >= 15 is 0 Å². The highest BCUT2D eigenvalue weighted by Crippen LogP contribution is 2.35. The molecule has 0 bridgehead atoms. The first-order valence-electron chi connectivity index (χ1n) is 6.03. The van der Waals surface area contributed by atoms with Gasteiger partial charge in [0.05, 0.1) is 0 Å². The zero-order chi connectivity index (χ0) is 10.7. The maximum absolute atomic E-state index is 12.8. The maximum Gasteiger partial charge on any atom is 0.123 e. The van der Waals surface area contributed by atoms with Crippen molar-refractivity contribution in [2.75, 3.05) is 0 Å². The molecule has 1 heteroatoms. The van der Waals surface area contributed by atoms with Crippen LogP contribution >= 0.6 is 0 Å². The van der Waals surface area contributed by atoms with Gasteiger partial charge < -0.3 is 0 Å². The minimum absolute atomic E-state index is 0.130. The van der Waals surface area contributed by atoms with Crippen LogP contribution in [0.1, 0.15) is 50.5 Å². The van der Waals surface area contributed by atoms with Gasteiger partial charge in [0.15, 0.2) is 0 Å². The van der Waals surface area contributed by atoms with Gasteiger partial charge in [0.25, 0.3) is 0 Å². The number of benzene rings is 1. The number of hydrogen-bond donors (Lipinski definition) is 0. The van der Waals surface area contributed by atoms with E-state index in [0.29, 0.717) is 5.92 Å². The summed E-state index contributed by atoms with van der Waals surface area (Å²) in [4.78, 5) is 0. The highest BCUT2D eigenvalue weighted by atomic mass is 19.1. The summed E-state index contributed by atoms with van der Waals surface area (Å²) in [6.45, 7) is 2.28. The molecule has 2 rings (SSSR count). The van der Waals surface area contributed by atoms with E-state index in [4.69, 9.17) is 0 Å². The molecule has 1 aromatic carbocycles. The van der Waals surface area contributed by atoms with Crippen LogP contribution in [0.25, 0.3) is 0 Å². The van der Waals surface area contributed by atoms with E-state index in [1.165, 1.54) is 37.7 Å². The van der Waals surface area contributed by atoms with Crippen molar-refractivity contribution < 1.29 is 4.39 Å². The van der Waals surface area contributed by atoms with Crippen molar-refractivity contribution in [3.05, 3.63) is 35.6 Å². The Hall–Kier alpha value is -0.850. The molecule has 1 aliphatic carbocycles. The Kier molecular flexibility index (Phi) is 3.40. The summed E-state index contributed by atoms with van der Waals surface area (Å²) in [6, 6.07) is 7.03. The first-order valence-corrected chi connectivity index (χ1v) is 6.03. The molecule has 82 valence electrons. The third-order valence-corrected chi connectivity index (χ3v) is 3.75. The van der Waals surface area contributed by atoms with Gasteiger partial charge in [0.1, 0.15) is 5.82 Å². The molecule has 1 unspecified atom stereocenters. The average molecular weight is 206 g/mol. The zero-order valence-electron chi connectivity index (χ0n) is 9.38. The highest BCUT2D eigenvalue weighted by Gasteiger charge is 2.20. The molecular formula is C14H19F. The first-order chi connectivity index (χ1) is 7.27. The van der Waals surface area contributed by atoms with Crippen LogP contribution in [0.2, 0.25) is 0 Å². The molecule has 0 saturated heterocycles. The number of rotatable bonds is 2. The van der Waals surface area contributed by atoms with Gasteiger partial charge in [0.2, 0.25) is 0 Å². The Morgan fingerprint density at radius 2 is 1.67 bits per heavy atom. The summed E-state index contributed by atoms with van der Waals surface area (Å²) in [5, 5.41) is 0. The smallest absolute Gasteiger partial charge is 0.123 e. The molecule has 0 spiro atoms. The summed E-state index contributed by atoms with van der Waals surface area (Å²) >= 11 is 0. The van der Waals surface area contributed by atoms with Crippen molar-refractivity contribution in [3.63, 3.8) is 0 Å². The summed E-state index contributed by atoms with van der Waals surface area (Å²) in [5.41, 5.74) is 1.29. The predicted octanol–water partition coefficient (Wildman–Crippen LogP) is 4.51. The second-order valence-electron chi connectivity index (χ2n) is 4.74. The fourth-order valence-electron chi connectivity index (χ4n) is 2.67. The van der Waals surface area contributed by atoms with Crippen molar-refractivity contribution in [1.29, 1.82) is 0 Å². The van der Waals surface area contributed by atoms with Gasteiger partial charge in [-0.1, -0.05) is 38.3 Å². The van der Waals surface area contributed by atoms with Crippen LogP contribution in [0.4, 0.5) is 4.39 Å². The molecule has 15 heavy (non-hydrogen) atoms. The highest BCUT2D eigenvalue weighted by molar-refractivity contribution is 5.20. The van der Waals surface area contributed by atoms with Gasteiger partial charge >= 0.3 is 0 Å². The lowest BCUT2D eigenvalue weighted by Crippen LogP contribution is -2.13. The first kappa shape index (κ1) is 10.7. The van der Waals surface area contributed by atoms with E-state index in [-0.39, 0.29) is 5.82 Å². The summed E-state index contributed by atoms with van der Waals surface area (Å²) in [5.74, 6) is 1.27. The summed E-state index contributed by atoms with van der Waals surface area (Å²) in [7, 11) is 0. The lowest BCUT2D eigenvalue weighted by atomic mass is 9.78. The molecule has 1 atom stereocenters. The molecule has 1 fully saturated rings. The Balaban J connectivity index is 2.05. The van der Waals surface area contributed by atoms with Gasteiger partial charge in [-0.05, 0) is 42.4 Å². The van der Waals surface area contributed by atoms with Crippen LogP contribution in [-0.4, -0.2) is 0 Å². The topological polar surface area (TPSA) is 0 Å².